The SMILES string of the molecule is CC1(Cn2cc(-c3cccc(F)c3F)nn2)Cn2cc([N+](=O)[O-])nc2O1. The van der Waals surface area contributed by atoms with Gasteiger partial charge in [0.15, 0.2) is 11.6 Å². The molecule has 3 heterocycles. The van der Waals surface area contributed by atoms with Crippen LogP contribution in [0.1, 0.15) is 6.92 Å². The Kier molecular flexibility index (Phi) is 3.46. The Hall–Kier alpha value is -3.37. The lowest BCUT2D eigenvalue weighted by Gasteiger charge is -2.21. The van der Waals surface area contributed by atoms with Crippen molar-refractivity contribution in [3.05, 3.63) is 52.3 Å². The first-order valence-corrected chi connectivity index (χ1v) is 7.60. The third-order valence-electron chi connectivity index (χ3n) is 4.02. The molecule has 2 aromatic heterocycles. The summed E-state index contributed by atoms with van der Waals surface area (Å²) in [5.74, 6) is -2.24. The molecular formula is C15H12F2N6O3. The van der Waals surface area contributed by atoms with Crippen LogP contribution in [0.4, 0.5) is 14.6 Å². The molecule has 1 aliphatic heterocycles. The Morgan fingerprint density at radius 3 is 2.92 bits per heavy atom. The third kappa shape index (κ3) is 2.66. The van der Waals surface area contributed by atoms with E-state index < -0.39 is 22.2 Å². The summed E-state index contributed by atoms with van der Waals surface area (Å²) in [4.78, 5) is 14.0. The van der Waals surface area contributed by atoms with E-state index in [-0.39, 0.29) is 29.6 Å². The molecule has 1 aliphatic rings. The minimum absolute atomic E-state index is 0.0114. The van der Waals surface area contributed by atoms with Crippen LogP contribution < -0.4 is 4.74 Å². The molecule has 0 spiro atoms. The molecule has 0 fully saturated rings. The fraction of sp³-hybridized carbons (Fsp3) is 0.267. The highest BCUT2D eigenvalue weighted by molar-refractivity contribution is 5.58. The normalized spacial score (nSPS) is 18.6. The molecule has 0 saturated carbocycles. The van der Waals surface area contributed by atoms with E-state index in [1.165, 1.54) is 29.2 Å². The summed E-state index contributed by atoms with van der Waals surface area (Å²) < 4.78 is 35.9. The molecule has 11 heteroatoms. The topological polar surface area (TPSA) is 101 Å². The van der Waals surface area contributed by atoms with E-state index in [0.717, 1.165) is 6.07 Å². The Morgan fingerprint density at radius 1 is 1.38 bits per heavy atom. The van der Waals surface area contributed by atoms with E-state index in [4.69, 9.17) is 4.74 Å². The molecule has 0 N–H and O–H groups in total. The highest BCUT2D eigenvalue weighted by Gasteiger charge is 2.41. The molecule has 3 aromatic rings. The van der Waals surface area contributed by atoms with Crippen LogP contribution in [0.2, 0.25) is 0 Å². The molecular weight excluding hydrogens is 350 g/mol. The average molecular weight is 362 g/mol. The third-order valence-corrected chi connectivity index (χ3v) is 4.02. The number of ether oxygens (including phenoxy) is 1. The Bertz CT molecular complexity index is 991. The molecule has 0 aliphatic carbocycles. The van der Waals surface area contributed by atoms with Crippen LogP contribution >= 0.6 is 0 Å². The number of hydrogen-bond acceptors (Lipinski definition) is 6. The van der Waals surface area contributed by atoms with Crippen molar-refractivity contribution in [1.82, 2.24) is 24.5 Å². The zero-order valence-electron chi connectivity index (χ0n) is 13.5. The van der Waals surface area contributed by atoms with Gasteiger partial charge in [0.1, 0.15) is 17.5 Å². The number of hydrogen-bond donors (Lipinski definition) is 0. The van der Waals surface area contributed by atoms with Crippen molar-refractivity contribution >= 4 is 5.82 Å². The maximum atomic E-state index is 13.9. The Labute approximate surface area is 145 Å². The zero-order valence-corrected chi connectivity index (χ0v) is 13.5. The molecule has 0 radical (unpaired) electrons. The van der Waals surface area contributed by atoms with E-state index >= 15 is 0 Å². The van der Waals surface area contributed by atoms with Crippen molar-refractivity contribution in [2.75, 3.05) is 0 Å². The quantitative estimate of drug-likeness (QED) is 0.521. The zero-order chi connectivity index (χ0) is 18.5. The van der Waals surface area contributed by atoms with Crippen molar-refractivity contribution in [2.45, 2.75) is 25.6 Å². The molecule has 0 bridgehead atoms. The first-order chi connectivity index (χ1) is 12.3. The number of nitro groups is 1. The largest absolute Gasteiger partial charge is 0.436 e. The van der Waals surface area contributed by atoms with Gasteiger partial charge in [-0.3, -0.25) is 4.57 Å². The van der Waals surface area contributed by atoms with Crippen LogP contribution in [-0.2, 0) is 13.1 Å². The highest BCUT2D eigenvalue weighted by Crippen LogP contribution is 2.32. The number of fused-ring (bicyclic) bond motifs is 1. The van der Waals surface area contributed by atoms with Crippen LogP contribution in [0, 0.1) is 21.7 Å². The lowest BCUT2D eigenvalue weighted by Crippen LogP contribution is -2.36. The van der Waals surface area contributed by atoms with Gasteiger partial charge in [0.2, 0.25) is 0 Å². The van der Waals surface area contributed by atoms with E-state index in [1.54, 1.807) is 11.5 Å². The van der Waals surface area contributed by atoms with Crippen LogP contribution in [0.25, 0.3) is 11.3 Å². The number of nitrogens with zero attached hydrogens (tertiary/aromatic N) is 6. The van der Waals surface area contributed by atoms with Crippen LogP contribution in [0.15, 0.2) is 30.6 Å². The summed E-state index contributed by atoms with van der Waals surface area (Å²) in [5.41, 5.74) is -0.558. The van der Waals surface area contributed by atoms with Gasteiger partial charge in [-0.05, 0) is 24.0 Å². The molecule has 9 nitrogen and oxygen atoms in total. The standard InChI is InChI=1S/C15H12F2N6O3/c1-15(7-21-6-12(23(24)25)18-14(21)26-15)8-22-5-11(19-20-22)9-3-2-4-10(16)13(9)17/h2-6H,7-8H2,1H3. The first-order valence-electron chi connectivity index (χ1n) is 7.60. The summed E-state index contributed by atoms with van der Waals surface area (Å²) in [7, 11) is 0. The molecule has 134 valence electrons. The summed E-state index contributed by atoms with van der Waals surface area (Å²) in [6, 6.07) is 3.97. The summed E-state index contributed by atoms with van der Waals surface area (Å²) in [6.07, 6.45) is 2.78. The second-order valence-corrected chi connectivity index (χ2v) is 6.22. The molecule has 4 rings (SSSR count). The average Bonchev–Trinajstić information content (AvgIpc) is 3.23. The van der Waals surface area contributed by atoms with Gasteiger partial charge < -0.3 is 14.9 Å². The van der Waals surface area contributed by atoms with E-state index in [9.17, 15) is 18.9 Å². The van der Waals surface area contributed by atoms with Gasteiger partial charge in [0, 0.05) is 10.5 Å². The molecule has 0 saturated heterocycles. The number of rotatable bonds is 4. The monoisotopic (exact) mass is 362 g/mol. The second kappa shape index (κ2) is 5.58. The second-order valence-electron chi connectivity index (χ2n) is 6.22. The minimum Gasteiger partial charge on any atom is -0.436 e. The Morgan fingerprint density at radius 2 is 2.19 bits per heavy atom. The summed E-state index contributed by atoms with van der Waals surface area (Å²) in [5, 5.41) is 18.5. The van der Waals surface area contributed by atoms with Gasteiger partial charge in [-0.25, -0.2) is 13.5 Å². The predicted molar refractivity (Wildman–Crippen MR) is 83.3 cm³/mol. The van der Waals surface area contributed by atoms with Gasteiger partial charge in [-0.2, -0.15) is 0 Å². The number of halogens is 2. The molecule has 0 amide bonds. The van der Waals surface area contributed by atoms with Crippen molar-refractivity contribution in [2.24, 2.45) is 0 Å². The van der Waals surface area contributed by atoms with Crippen molar-refractivity contribution in [3.8, 4) is 17.3 Å². The minimum atomic E-state index is -0.990. The van der Waals surface area contributed by atoms with Crippen LogP contribution in [-0.4, -0.2) is 35.1 Å². The van der Waals surface area contributed by atoms with Crippen LogP contribution in [0.3, 0.4) is 0 Å². The summed E-state index contributed by atoms with van der Waals surface area (Å²) >= 11 is 0. The number of aromatic nitrogens is 5. The predicted octanol–water partition coefficient (Wildman–Crippen LogP) is 2.18. The van der Waals surface area contributed by atoms with Crippen molar-refractivity contribution in [3.63, 3.8) is 0 Å². The number of benzene rings is 1. The number of imidazole rings is 1. The van der Waals surface area contributed by atoms with Gasteiger partial charge >= 0.3 is 11.8 Å². The molecule has 1 atom stereocenters. The fourth-order valence-corrected chi connectivity index (χ4v) is 2.91. The lowest BCUT2D eigenvalue weighted by molar-refractivity contribution is -0.389. The summed E-state index contributed by atoms with van der Waals surface area (Å²) in [6.45, 7) is 2.36. The van der Waals surface area contributed by atoms with E-state index in [1.807, 2.05) is 0 Å². The fourth-order valence-electron chi connectivity index (χ4n) is 2.91. The van der Waals surface area contributed by atoms with Gasteiger partial charge in [0.25, 0.3) is 0 Å². The molecule has 1 unspecified atom stereocenters. The highest BCUT2D eigenvalue weighted by atomic mass is 19.2. The first kappa shape index (κ1) is 16.1. The molecule has 26 heavy (non-hydrogen) atoms. The maximum absolute atomic E-state index is 13.9. The Balaban J connectivity index is 1.53. The lowest BCUT2D eigenvalue weighted by atomic mass is 10.1. The molecule has 1 aromatic carbocycles. The smallest absolute Gasteiger partial charge is 0.415 e. The van der Waals surface area contributed by atoms with Crippen LogP contribution in [0.5, 0.6) is 6.01 Å². The van der Waals surface area contributed by atoms with E-state index in [2.05, 4.69) is 15.3 Å². The van der Waals surface area contributed by atoms with Gasteiger partial charge in [-0.1, -0.05) is 11.3 Å². The van der Waals surface area contributed by atoms with Crippen molar-refractivity contribution < 1.29 is 18.4 Å². The van der Waals surface area contributed by atoms with Gasteiger partial charge in [-0.15, -0.1) is 5.10 Å². The van der Waals surface area contributed by atoms with E-state index in [0.29, 0.717) is 6.54 Å². The maximum Gasteiger partial charge on any atom is 0.415 e. The van der Waals surface area contributed by atoms with Gasteiger partial charge in [0.05, 0.1) is 19.3 Å². The van der Waals surface area contributed by atoms with Crippen molar-refractivity contribution in [1.29, 1.82) is 0 Å².